The number of hydrogen-bond acceptors (Lipinski definition) is 5. The highest BCUT2D eigenvalue weighted by Crippen LogP contribution is 2.23. The average Bonchev–Trinajstić information content (AvgIpc) is 2.97. The quantitative estimate of drug-likeness (QED) is 0.678. The van der Waals surface area contributed by atoms with Crippen LogP contribution in [-0.2, 0) is 20.7 Å². The Morgan fingerprint density at radius 3 is 2.76 bits per heavy atom. The zero-order valence-corrected chi connectivity index (χ0v) is 12.5. The Morgan fingerprint density at radius 2 is 2.05 bits per heavy atom. The molecule has 0 aliphatic rings. The highest BCUT2D eigenvalue weighted by Gasteiger charge is 2.13. The molecular formula is C15H16N2O3S. The van der Waals surface area contributed by atoms with Crippen molar-refractivity contribution in [2.75, 3.05) is 13.2 Å². The second-order valence-electron chi connectivity index (χ2n) is 4.24. The van der Waals surface area contributed by atoms with E-state index in [2.05, 4.69) is 15.0 Å². The van der Waals surface area contributed by atoms with E-state index < -0.39 is 11.9 Å². The van der Waals surface area contributed by atoms with E-state index in [1.54, 1.807) is 18.3 Å². The minimum Gasteiger partial charge on any atom is -0.459 e. The monoisotopic (exact) mass is 304 g/mol. The standard InChI is InChI=1S/C15H16N2O3S/c1-2-20-15(19)13(18)16-9-8-12-10-21-14(17-12)11-6-4-3-5-7-11/h3-7,10H,2,8-9H2,1H3,(H,16,18). The first kappa shape index (κ1) is 15.2. The first-order valence-corrected chi connectivity index (χ1v) is 7.53. The molecular weight excluding hydrogens is 288 g/mol. The predicted molar refractivity (Wildman–Crippen MR) is 80.9 cm³/mol. The molecule has 0 saturated heterocycles. The van der Waals surface area contributed by atoms with Crippen molar-refractivity contribution in [1.82, 2.24) is 10.3 Å². The van der Waals surface area contributed by atoms with Gasteiger partial charge in [-0.3, -0.25) is 4.79 Å². The van der Waals surface area contributed by atoms with Crippen molar-refractivity contribution in [2.45, 2.75) is 13.3 Å². The second kappa shape index (κ2) is 7.54. The van der Waals surface area contributed by atoms with Gasteiger partial charge in [0.25, 0.3) is 0 Å². The number of rotatable bonds is 5. The van der Waals surface area contributed by atoms with Crippen molar-refractivity contribution in [1.29, 1.82) is 0 Å². The Labute approximate surface area is 127 Å². The number of carbonyl (C=O) groups excluding carboxylic acids is 2. The van der Waals surface area contributed by atoms with Crippen molar-refractivity contribution in [3.8, 4) is 10.6 Å². The number of ether oxygens (including phenoxy) is 1. The molecule has 0 bridgehead atoms. The van der Waals surface area contributed by atoms with Gasteiger partial charge in [-0.15, -0.1) is 11.3 Å². The summed E-state index contributed by atoms with van der Waals surface area (Å²) in [4.78, 5) is 27.0. The summed E-state index contributed by atoms with van der Waals surface area (Å²) in [5.74, 6) is -1.56. The first-order valence-electron chi connectivity index (χ1n) is 6.65. The minimum absolute atomic E-state index is 0.193. The highest BCUT2D eigenvalue weighted by molar-refractivity contribution is 7.13. The van der Waals surface area contributed by atoms with Crippen molar-refractivity contribution in [3.63, 3.8) is 0 Å². The molecule has 0 spiro atoms. The third kappa shape index (κ3) is 4.39. The van der Waals surface area contributed by atoms with Gasteiger partial charge in [-0.05, 0) is 6.92 Å². The third-order valence-electron chi connectivity index (χ3n) is 2.70. The second-order valence-corrected chi connectivity index (χ2v) is 5.09. The Morgan fingerprint density at radius 1 is 1.29 bits per heavy atom. The van der Waals surface area contributed by atoms with Crippen LogP contribution in [0, 0.1) is 0 Å². The van der Waals surface area contributed by atoms with E-state index in [-0.39, 0.29) is 6.61 Å². The van der Waals surface area contributed by atoms with Gasteiger partial charge in [-0.25, -0.2) is 9.78 Å². The van der Waals surface area contributed by atoms with Crippen LogP contribution in [0.2, 0.25) is 0 Å². The molecule has 0 aliphatic heterocycles. The van der Waals surface area contributed by atoms with Crippen LogP contribution >= 0.6 is 11.3 Å². The predicted octanol–water partition coefficient (Wildman–Crippen LogP) is 2.03. The Bertz CT molecular complexity index is 610. The maximum atomic E-state index is 11.3. The fourth-order valence-electron chi connectivity index (χ4n) is 1.71. The van der Waals surface area contributed by atoms with E-state index in [1.807, 2.05) is 35.7 Å². The molecule has 0 atom stereocenters. The largest absolute Gasteiger partial charge is 0.459 e. The molecule has 0 fully saturated rings. The molecule has 1 aromatic carbocycles. The number of benzene rings is 1. The first-order chi connectivity index (χ1) is 10.2. The van der Waals surface area contributed by atoms with Gasteiger partial charge in [-0.1, -0.05) is 30.3 Å². The van der Waals surface area contributed by atoms with Gasteiger partial charge in [-0.2, -0.15) is 0 Å². The molecule has 5 nitrogen and oxygen atoms in total. The number of amides is 1. The summed E-state index contributed by atoms with van der Waals surface area (Å²) in [7, 11) is 0. The smallest absolute Gasteiger partial charge is 0.396 e. The van der Waals surface area contributed by atoms with Crippen LogP contribution in [-0.4, -0.2) is 30.0 Å². The molecule has 0 unspecified atom stereocenters. The van der Waals surface area contributed by atoms with Crippen molar-refractivity contribution in [3.05, 3.63) is 41.4 Å². The zero-order chi connectivity index (χ0) is 15.1. The summed E-state index contributed by atoms with van der Waals surface area (Å²) in [6.07, 6.45) is 0.578. The molecule has 1 N–H and O–H groups in total. The summed E-state index contributed by atoms with van der Waals surface area (Å²) in [5.41, 5.74) is 1.97. The van der Waals surface area contributed by atoms with Crippen molar-refractivity contribution >= 4 is 23.2 Å². The van der Waals surface area contributed by atoms with Crippen LogP contribution < -0.4 is 5.32 Å². The van der Waals surface area contributed by atoms with Crippen molar-refractivity contribution in [2.24, 2.45) is 0 Å². The molecule has 1 heterocycles. The number of esters is 1. The molecule has 1 amide bonds. The number of thiazole rings is 1. The molecule has 0 saturated carbocycles. The Balaban J connectivity index is 1.84. The van der Waals surface area contributed by atoms with E-state index in [0.717, 1.165) is 16.3 Å². The maximum Gasteiger partial charge on any atom is 0.396 e. The molecule has 2 aromatic rings. The Hall–Kier alpha value is -2.21. The fourth-order valence-corrected chi connectivity index (χ4v) is 2.57. The van der Waals surface area contributed by atoms with E-state index in [0.29, 0.717) is 13.0 Å². The number of nitrogens with zero attached hydrogens (tertiary/aromatic N) is 1. The number of nitrogens with one attached hydrogen (secondary N) is 1. The number of hydrogen-bond donors (Lipinski definition) is 1. The molecule has 6 heteroatoms. The third-order valence-corrected chi connectivity index (χ3v) is 3.64. The lowest BCUT2D eigenvalue weighted by molar-refractivity contribution is -0.154. The van der Waals surface area contributed by atoms with Gasteiger partial charge < -0.3 is 10.1 Å². The van der Waals surface area contributed by atoms with Crippen LogP contribution in [0.15, 0.2) is 35.7 Å². The van der Waals surface area contributed by atoms with Crippen LogP contribution in [0.1, 0.15) is 12.6 Å². The van der Waals surface area contributed by atoms with Gasteiger partial charge in [0.15, 0.2) is 0 Å². The Kier molecular flexibility index (Phi) is 5.45. The van der Waals surface area contributed by atoms with Gasteiger partial charge >= 0.3 is 11.9 Å². The maximum absolute atomic E-state index is 11.3. The average molecular weight is 304 g/mol. The van der Waals surface area contributed by atoms with E-state index >= 15 is 0 Å². The van der Waals surface area contributed by atoms with Gasteiger partial charge in [0.05, 0.1) is 12.3 Å². The molecule has 0 radical (unpaired) electrons. The summed E-state index contributed by atoms with van der Waals surface area (Å²) in [6.45, 7) is 2.21. The normalized spacial score (nSPS) is 10.1. The molecule has 2 rings (SSSR count). The summed E-state index contributed by atoms with van der Waals surface area (Å²) < 4.78 is 4.60. The SMILES string of the molecule is CCOC(=O)C(=O)NCCc1csc(-c2ccccc2)n1. The van der Waals surface area contributed by atoms with Gasteiger partial charge in [0.2, 0.25) is 0 Å². The zero-order valence-electron chi connectivity index (χ0n) is 11.7. The minimum atomic E-state index is -0.847. The van der Waals surface area contributed by atoms with E-state index in [1.165, 1.54) is 0 Å². The topological polar surface area (TPSA) is 68.3 Å². The van der Waals surface area contributed by atoms with E-state index in [9.17, 15) is 9.59 Å². The van der Waals surface area contributed by atoms with Gasteiger partial charge in [0, 0.05) is 23.9 Å². The van der Waals surface area contributed by atoms with Crippen LogP contribution in [0.3, 0.4) is 0 Å². The highest BCUT2D eigenvalue weighted by atomic mass is 32.1. The van der Waals surface area contributed by atoms with Crippen LogP contribution in [0.5, 0.6) is 0 Å². The molecule has 21 heavy (non-hydrogen) atoms. The fraction of sp³-hybridized carbons (Fsp3) is 0.267. The van der Waals surface area contributed by atoms with Crippen LogP contribution in [0.25, 0.3) is 10.6 Å². The molecule has 110 valence electrons. The molecule has 1 aromatic heterocycles. The lowest BCUT2D eigenvalue weighted by Gasteiger charge is -2.03. The number of aromatic nitrogens is 1. The molecule has 0 aliphatic carbocycles. The number of carbonyl (C=O) groups is 2. The van der Waals surface area contributed by atoms with Gasteiger partial charge in [0.1, 0.15) is 5.01 Å². The summed E-state index contributed by atoms with van der Waals surface area (Å²) in [5, 5.41) is 5.42. The van der Waals surface area contributed by atoms with E-state index in [4.69, 9.17) is 0 Å². The van der Waals surface area contributed by atoms with Crippen molar-refractivity contribution < 1.29 is 14.3 Å². The summed E-state index contributed by atoms with van der Waals surface area (Å²) in [6, 6.07) is 9.91. The summed E-state index contributed by atoms with van der Waals surface area (Å²) >= 11 is 1.56. The lowest BCUT2D eigenvalue weighted by Crippen LogP contribution is -2.33. The van der Waals surface area contributed by atoms with Crippen LogP contribution in [0.4, 0.5) is 0 Å². The lowest BCUT2D eigenvalue weighted by atomic mass is 10.2.